The van der Waals surface area contributed by atoms with Crippen molar-refractivity contribution in [1.29, 1.82) is 0 Å². The average Bonchev–Trinajstić information content (AvgIpc) is 3.27. The fraction of sp³-hybridized carbons (Fsp3) is 0.429. The highest BCUT2D eigenvalue weighted by molar-refractivity contribution is 5.54. The molecule has 7 heteroatoms. The van der Waals surface area contributed by atoms with Crippen LogP contribution in [0.15, 0.2) is 40.0 Å². The van der Waals surface area contributed by atoms with Crippen molar-refractivity contribution in [2.45, 2.75) is 44.6 Å². The van der Waals surface area contributed by atoms with Gasteiger partial charge >= 0.3 is 0 Å². The predicted octanol–water partition coefficient (Wildman–Crippen LogP) is 2.61. The Balaban J connectivity index is 1.49. The Morgan fingerprint density at radius 3 is 3.04 bits per heavy atom. The van der Waals surface area contributed by atoms with Crippen molar-refractivity contribution in [2.24, 2.45) is 0 Å². The molecule has 1 aliphatic carbocycles. The van der Waals surface area contributed by atoms with Crippen molar-refractivity contribution in [3.63, 3.8) is 0 Å². The van der Waals surface area contributed by atoms with E-state index in [1.807, 2.05) is 19.1 Å². The number of hydrogen-bond acceptors (Lipinski definition) is 6. The second-order valence-corrected chi connectivity index (χ2v) is 7.94. The molecular weight excluding hydrogens is 354 g/mol. The third-order valence-corrected chi connectivity index (χ3v) is 6.01. The molecule has 1 fully saturated rings. The number of rotatable bonds is 3. The number of aryl methyl sites for hydroxylation is 1. The first kappa shape index (κ1) is 17.3. The zero-order chi connectivity index (χ0) is 19.1. The molecule has 3 aromatic rings. The van der Waals surface area contributed by atoms with E-state index in [2.05, 4.69) is 19.9 Å². The number of aromatic nitrogens is 4. The van der Waals surface area contributed by atoms with E-state index in [0.717, 1.165) is 67.8 Å². The number of nitrogens with zero attached hydrogens (tertiary/aromatic N) is 4. The third-order valence-electron chi connectivity index (χ3n) is 6.01. The molecule has 1 unspecified atom stereocenters. The standard InChI is InChI=1S/C21H23N5O2/c1-14-23-16(12-28-14)11-26-9-3-6-21(13-26)7-5-17-18(21)24-19(25-20(17)27)15-4-2-8-22-10-15/h2,4,8,10,12H,3,5-7,9,11,13H2,1H3,(H,24,25,27). The Morgan fingerprint density at radius 2 is 2.25 bits per heavy atom. The van der Waals surface area contributed by atoms with Crippen LogP contribution in [0.2, 0.25) is 0 Å². The molecule has 1 spiro atoms. The number of likely N-dealkylation sites (tertiary alicyclic amines) is 1. The average molecular weight is 377 g/mol. The number of aromatic amines is 1. The summed E-state index contributed by atoms with van der Waals surface area (Å²) in [5, 5.41) is 0. The first-order valence-corrected chi connectivity index (χ1v) is 9.80. The monoisotopic (exact) mass is 377 g/mol. The second-order valence-electron chi connectivity index (χ2n) is 7.94. The van der Waals surface area contributed by atoms with Gasteiger partial charge in [-0.15, -0.1) is 0 Å². The molecule has 5 rings (SSSR count). The largest absolute Gasteiger partial charge is 0.449 e. The number of H-pyrrole nitrogens is 1. The van der Waals surface area contributed by atoms with Crippen LogP contribution in [0.3, 0.4) is 0 Å². The van der Waals surface area contributed by atoms with Gasteiger partial charge in [0.05, 0.1) is 11.4 Å². The maximum atomic E-state index is 12.8. The van der Waals surface area contributed by atoms with Gasteiger partial charge in [-0.3, -0.25) is 14.7 Å². The number of piperidine rings is 1. The Kier molecular flexibility index (Phi) is 4.12. The van der Waals surface area contributed by atoms with E-state index in [0.29, 0.717) is 11.7 Å². The normalized spacial score (nSPS) is 21.9. The summed E-state index contributed by atoms with van der Waals surface area (Å²) in [6.45, 7) is 4.56. The quantitative estimate of drug-likeness (QED) is 0.755. The summed E-state index contributed by atoms with van der Waals surface area (Å²) >= 11 is 0. The molecule has 2 aliphatic rings. The van der Waals surface area contributed by atoms with Crippen molar-refractivity contribution in [3.8, 4) is 11.4 Å². The maximum Gasteiger partial charge on any atom is 0.254 e. The third kappa shape index (κ3) is 2.96. The minimum Gasteiger partial charge on any atom is -0.449 e. The molecule has 0 bridgehead atoms. The SMILES string of the molecule is Cc1nc(CN2CCCC3(CCc4c3nc(-c3cccnc3)[nH]c4=O)C2)co1. The van der Waals surface area contributed by atoms with Crippen LogP contribution in [0.1, 0.15) is 42.1 Å². The summed E-state index contributed by atoms with van der Waals surface area (Å²) < 4.78 is 5.36. The van der Waals surface area contributed by atoms with Gasteiger partial charge < -0.3 is 9.40 Å². The van der Waals surface area contributed by atoms with Crippen molar-refractivity contribution in [1.82, 2.24) is 24.8 Å². The molecule has 1 aliphatic heterocycles. The highest BCUT2D eigenvalue weighted by Crippen LogP contribution is 2.43. The number of pyridine rings is 1. The van der Waals surface area contributed by atoms with E-state index >= 15 is 0 Å². The Labute approximate surface area is 162 Å². The zero-order valence-corrected chi connectivity index (χ0v) is 15.9. The first-order valence-electron chi connectivity index (χ1n) is 9.80. The molecule has 3 aromatic heterocycles. The molecule has 1 saturated heterocycles. The molecule has 0 amide bonds. The van der Waals surface area contributed by atoms with Gasteiger partial charge in [0.2, 0.25) is 0 Å². The topological polar surface area (TPSA) is 87.9 Å². The second kappa shape index (κ2) is 6.67. The maximum absolute atomic E-state index is 12.8. The molecule has 4 heterocycles. The lowest BCUT2D eigenvalue weighted by Crippen LogP contribution is -2.45. The lowest BCUT2D eigenvalue weighted by atomic mass is 9.77. The number of fused-ring (bicyclic) bond motifs is 2. The zero-order valence-electron chi connectivity index (χ0n) is 15.9. The van der Waals surface area contributed by atoms with Gasteiger partial charge in [0.1, 0.15) is 12.1 Å². The summed E-state index contributed by atoms with van der Waals surface area (Å²) in [6.07, 6.45) is 9.13. The van der Waals surface area contributed by atoms with Gasteiger partial charge in [-0.2, -0.15) is 0 Å². The summed E-state index contributed by atoms with van der Waals surface area (Å²) in [7, 11) is 0. The summed E-state index contributed by atoms with van der Waals surface area (Å²) in [5.41, 5.74) is 3.57. The molecule has 28 heavy (non-hydrogen) atoms. The molecule has 144 valence electrons. The van der Waals surface area contributed by atoms with Gasteiger partial charge in [-0.25, -0.2) is 9.97 Å². The fourth-order valence-electron chi connectivity index (χ4n) is 4.76. The van der Waals surface area contributed by atoms with Gasteiger partial charge in [0, 0.05) is 48.9 Å². The summed E-state index contributed by atoms with van der Waals surface area (Å²) in [6, 6.07) is 3.79. The molecular formula is C21H23N5O2. The Bertz CT molecular complexity index is 1060. The summed E-state index contributed by atoms with van der Waals surface area (Å²) in [5.74, 6) is 1.31. The minimum atomic E-state index is -0.0580. The van der Waals surface area contributed by atoms with Gasteiger partial charge in [-0.05, 0) is 44.4 Å². The van der Waals surface area contributed by atoms with E-state index in [4.69, 9.17) is 9.40 Å². The highest BCUT2D eigenvalue weighted by Gasteiger charge is 2.44. The molecule has 1 atom stereocenters. The fourth-order valence-corrected chi connectivity index (χ4v) is 4.76. The van der Waals surface area contributed by atoms with E-state index < -0.39 is 0 Å². The smallest absolute Gasteiger partial charge is 0.254 e. The van der Waals surface area contributed by atoms with Gasteiger partial charge in [0.15, 0.2) is 5.89 Å². The Morgan fingerprint density at radius 1 is 1.32 bits per heavy atom. The molecule has 1 N–H and O–H groups in total. The summed E-state index contributed by atoms with van der Waals surface area (Å²) in [4.78, 5) is 31.7. The molecule has 7 nitrogen and oxygen atoms in total. The first-order chi connectivity index (χ1) is 13.6. The van der Waals surface area contributed by atoms with Gasteiger partial charge in [0.25, 0.3) is 5.56 Å². The van der Waals surface area contributed by atoms with Crippen LogP contribution >= 0.6 is 0 Å². The van der Waals surface area contributed by atoms with E-state index in [1.165, 1.54) is 0 Å². The number of nitrogens with one attached hydrogen (secondary N) is 1. The van der Waals surface area contributed by atoms with Crippen LogP contribution in [-0.4, -0.2) is 37.9 Å². The lowest BCUT2D eigenvalue weighted by Gasteiger charge is -2.40. The van der Waals surface area contributed by atoms with Crippen LogP contribution in [0, 0.1) is 6.92 Å². The highest BCUT2D eigenvalue weighted by atomic mass is 16.3. The van der Waals surface area contributed by atoms with Crippen LogP contribution in [-0.2, 0) is 18.4 Å². The van der Waals surface area contributed by atoms with Crippen molar-refractivity contribution >= 4 is 0 Å². The number of oxazole rings is 1. The number of hydrogen-bond donors (Lipinski definition) is 1. The van der Waals surface area contributed by atoms with Crippen LogP contribution in [0.5, 0.6) is 0 Å². The van der Waals surface area contributed by atoms with Crippen molar-refractivity contribution in [3.05, 3.63) is 64.0 Å². The molecule has 0 aromatic carbocycles. The minimum absolute atomic E-state index is 0.00928. The van der Waals surface area contributed by atoms with E-state index in [-0.39, 0.29) is 11.0 Å². The predicted molar refractivity (Wildman–Crippen MR) is 104 cm³/mol. The van der Waals surface area contributed by atoms with E-state index in [1.54, 1.807) is 18.7 Å². The van der Waals surface area contributed by atoms with Crippen LogP contribution in [0.4, 0.5) is 0 Å². The molecule has 0 saturated carbocycles. The van der Waals surface area contributed by atoms with Crippen molar-refractivity contribution < 1.29 is 4.42 Å². The van der Waals surface area contributed by atoms with Crippen LogP contribution < -0.4 is 5.56 Å². The molecule has 0 radical (unpaired) electrons. The van der Waals surface area contributed by atoms with Crippen LogP contribution in [0.25, 0.3) is 11.4 Å². The Hall–Kier alpha value is -2.80. The van der Waals surface area contributed by atoms with Gasteiger partial charge in [-0.1, -0.05) is 0 Å². The van der Waals surface area contributed by atoms with Crippen molar-refractivity contribution in [2.75, 3.05) is 13.1 Å². The van der Waals surface area contributed by atoms with E-state index in [9.17, 15) is 4.79 Å². The lowest BCUT2D eigenvalue weighted by molar-refractivity contribution is 0.135.